The summed E-state index contributed by atoms with van der Waals surface area (Å²) < 4.78 is 14.0. The third-order valence-corrected chi connectivity index (χ3v) is 8.77. The van der Waals surface area contributed by atoms with E-state index in [9.17, 15) is 14.7 Å². The smallest absolute Gasteiger partial charge is 0.377 e. The van der Waals surface area contributed by atoms with Crippen molar-refractivity contribution in [2.75, 3.05) is 33.4 Å². The van der Waals surface area contributed by atoms with Crippen molar-refractivity contribution in [2.45, 2.75) is 49.4 Å². The lowest BCUT2D eigenvalue weighted by molar-refractivity contribution is -0.148. The van der Waals surface area contributed by atoms with Crippen LogP contribution in [0.25, 0.3) is 10.9 Å². The average Bonchev–Trinajstić information content (AvgIpc) is 3.54. The molecule has 48 heavy (non-hydrogen) atoms. The van der Waals surface area contributed by atoms with Gasteiger partial charge in [-0.2, -0.15) is 0 Å². The Balaban J connectivity index is 0.000000183. The van der Waals surface area contributed by atoms with Gasteiger partial charge in [-0.25, -0.2) is 9.59 Å². The van der Waals surface area contributed by atoms with Gasteiger partial charge in [0.25, 0.3) is 0 Å². The average molecular weight is 677 g/mol. The number of nitrogens with zero attached hydrogens (tertiary/aromatic N) is 2. The van der Waals surface area contributed by atoms with Crippen LogP contribution in [0.15, 0.2) is 66.2 Å². The van der Waals surface area contributed by atoms with E-state index < -0.39 is 78.7 Å². The van der Waals surface area contributed by atoms with E-state index in [1.165, 1.54) is 6.42 Å². The van der Waals surface area contributed by atoms with Crippen LogP contribution in [0.3, 0.4) is 0 Å². The highest BCUT2D eigenvalue weighted by Gasteiger charge is 2.43. The van der Waals surface area contributed by atoms with Gasteiger partial charge in [-0.3, -0.25) is 9.88 Å². The molecule has 9 atom stereocenters. The van der Waals surface area contributed by atoms with E-state index in [1.54, 1.807) is 13.3 Å². The molecule has 1 aromatic heterocycles. The normalized spacial score (nSPS) is 28.0. The minimum atomic E-state index is -1.42. The number of aliphatic hydroxyl groups is 9. The predicted octanol–water partition coefficient (Wildman–Crippen LogP) is 0.358. The zero-order chi connectivity index (χ0) is 35.3. The number of methoxy groups -OCH3 is 1. The van der Waals surface area contributed by atoms with Crippen molar-refractivity contribution < 1.29 is 69.8 Å². The number of benzene rings is 1. The fourth-order valence-electron chi connectivity index (χ4n) is 6.09. The van der Waals surface area contributed by atoms with Gasteiger partial charge < -0.3 is 60.2 Å². The van der Waals surface area contributed by atoms with Gasteiger partial charge in [0.2, 0.25) is 11.5 Å². The summed E-state index contributed by atoms with van der Waals surface area (Å²) in [6.07, 6.45) is 0.0669. The Morgan fingerprint density at radius 2 is 1.56 bits per heavy atom. The van der Waals surface area contributed by atoms with Crippen molar-refractivity contribution in [3.05, 3.63) is 71.7 Å². The monoisotopic (exact) mass is 676 g/mol. The number of carbonyl (C=O) groups is 2. The van der Waals surface area contributed by atoms with Crippen molar-refractivity contribution >= 4 is 22.8 Å². The Labute approximate surface area is 274 Å². The van der Waals surface area contributed by atoms with E-state index >= 15 is 0 Å². The number of pyridine rings is 1. The van der Waals surface area contributed by atoms with Crippen LogP contribution in [0, 0.1) is 11.8 Å². The fraction of sp³-hybridized carbons (Fsp3) is 0.469. The molecule has 16 nitrogen and oxygen atoms in total. The van der Waals surface area contributed by atoms with Crippen LogP contribution >= 0.6 is 0 Å². The summed E-state index contributed by atoms with van der Waals surface area (Å²) in [5.74, 6) is -3.55. The first-order chi connectivity index (χ1) is 22.9. The van der Waals surface area contributed by atoms with Crippen LogP contribution < -0.4 is 4.74 Å². The summed E-state index contributed by atoms with van der Waals surface area (Å²) in [5.41, 5.74) is 1.85. The molecule has 0 amide bonds. The molecule has 2 bridgehead atoms. The molecule has 6 heterocycles. The summed E-state index contributed by atoms with van der Waals surface area (Å²) in [5, 5.41) is 82.2. The van der Waals surface area contributed by atoms with Crippen LogP contribution in [0.2, 0.25) is 0 Å². The highest BCUT2D eigenvalue weighted by atomic mass is 16.6. The second-order valence-electron chi connectivity index (χ2n) is 11.6. The second-order valence-corrected chi connectivity index (χ2v) is 11.6. The lowest BCUT2D eigenvalue weighted by Gasteiger charge is -2.50. The number of aliphatic hydroxyl groups excluding tert-OH is 9. The lowest BCUT2D eigenvalue weighted by Crippen LogP contribution is -2.54. The molecule has 9 N–H and O–H groups in total. The van der Waals surface area contributed by atoms with Crippen LogP contribution in [0.1, 0.15) is 24.5 Å². The van der Waals surface area contributed by atoms with E-state index in [4.69, 9.17) is 45.6 Å². The first kappa shape index (κ1) is 36.4. The number of aromatic nitrogens is 1. The standard InChI is InChI=1S/C20H24N2O2.2C6H8O6/c1-3-13-12-22-9-7-14(13)10-19(22)20(23)16-6-8-21-18-5-4-15(24-2)11-17(16)18;2*7-1-2(8)5-3(9)4(10)6(11)12-5/h3-6,8,11,13-14,19-20,23H,1,7,9-10,12H2,2H3;2*2,5,7-10H,1H2/t13-,14+,19-,20+;2*2-,5+/m000/s1. The largest absolute Gasteiger partial charge is 0.505 e. The molecule has 2 aromatic rings. The molecule has 3 fully saturated rings. The van der Waals surface area contributed by atoms with Gasteiger partial charge in [-0.15, -0.1) is 6.58 Å². The zero-order valence-corrected chi connectivity index (χ0v) is 26.0. The molecule has 1 aromatic carbocycles. The number of esters is 2. The molecular formula is C32H40N2O14. The first-order valence-electron chi connectivity index (χ1n) is 15.1. The van der Waals surface area contributed by atoms with Gasteiger partial charge in [-0.05, 0) is 61.1 Å². The van der Waals surface area contributed by atoms with Crippen molar-refractivity contribution in [2.24, 2.45) is 11.8 Å². The van der Waals surface area contributed by atoms with E-state index in [0.29, 0.717) is 11.8 Å². The molecule has 1 unspecified atom stereocenters. The number of hydrogen-bond acceptors (Lipinski definition) is 16. The zero-order valence-electron chi connectivity index (χ0n) is 26.0. The number of cyclic esters (lactones) is 2. The Bertz CT molecular complexity index is 1510. The SMILES string of the molecule is C=C[C@H]1CN2CC[C@@H]1C[C@H]2[C@H](O)c1ccnc2ccc(OC)cc12.O=C1O[C@H]([C@@H](O)CO)C(O)=C1O.O=C1O[C@H]([C@@H](O)CO)C(O)=C1O. The summed E-state index contributed by atoms with van der Waals surface area (Å²) >= 11 is 0. The molecular weight excluding hydrogens is 636 g/mol. The second kappa shape index (κ2) is 15.6. The Morgan fingerprint density at radius 1 is 0.979 bits per heavy atom. The summed E-state index contributed by atoms with van der Waals surface area (Å²) in [6.45, 7) is 4.73. The minimum absolute atomic E-state index is 0.178. The van der Waals surface area contributed by atoms with E-state index in [1.807, 2.05) is 24.3 Å². The fourth-order valence-corrected chi connectivity index (χ4v) is 6.09. The quantitative estimate of drug-likeness (QED) is 0.135. The maximum atomic E-state index is 11.2. The third kappa shape index (κ3) is 7.48. The molecule has 5 aliphatic heterocycles. The van der Waals surface area contributed by atoms with Crippen molar-refractivity contribution in [1.82, 2.24) is 9.88 Å². The number of hydrogen-bond donors (Lipinski definition) is 9. The van der Waals surface area contributed by atoms with E-state index in [0.717, 1.165) is 41.7 Å². The molecule has 3 saturated heterocycles. The number of piperidine rings is 3. The van der Waals surface area contributed by atoms with Crippen LogP contribution in [0.4, 0.5) is 0 Å². The maximum Gasteiger partial charge on any atom is 0.377 e. The van der Waals surface area contributed by atoms with Crippen LogP contribution in [-0.4, -0.2) is 132 Å². The molecule has 0 radical (unpaired) electrons. The predicted molar refractivity (Wildman–Crippen MR) is 166 cm³/mol. The van der Waals surface area contributed by atoms with Gasteiger partial charge in [0.1, 0.15) is 18.0 Å². The third-order valence-electron chi connectivity index (χ3n) is 8.77. The Morgan fingerprint density at radius 3 is 2.00 bits per heavy atom. The van der Waals surface area contributed by atoms with Crippen molar-refractivity contribution in [1.29, 1.82) is 0 Å². The van der Waals surface area contributed by atoms with E-state index in [-0.39, 0.29) is 6.04 Å². The molecule has 16 heteroatoms. The lowest BCUT2D eigenvalue weighted by atomic mass is 9.73. The number of fused-ring (bicyclic) bond motifs is 4. The van der Waals surface area contributed by atoms with Gasteiger partial charge in [0.05, 0.1) is 31.9 Å². The van der Waals surface area contributed by atoms with Gasteiger partial charge in [-0.1, -0.05) is 6.08 Å². The van der Waals surface area contributed by atoms with Gasteiger partial charge in [0, 0.05) is 24.2 Å². The molecule has 0 aliphatic carbocycles. The summed E-state index contributed by atoms with van der Waals surface area (Å²) in [4.78, 5) is 27.9. The molecule has 0 saturated carbocycles. The highest BCUT2D eigenvalue weighted by Crippen LogP contribution is 2.42. The minimum Gasteiger partial charge on any atom is -0.505 e. The molecule has 7 rings (SSSR count). The van der Waals surface area contributed by atoms with Gasteiger partial charge >= 0.3 is 11.9 Å². The van der Waals surface area contributed by atoms with Crippen molar-refractivity contribution in [3.8, 4) is 5.75 Å². The van der Waals surface area contributed by atoms with Crippen LogP contribution in [-0.2, 0) is 19.1 Å². The Kier molecular flexibility index (Phi) is 11.9. The molecule has 5 aliphatic rings. The number of carbonyl (C=O) groups excluding carboxylic acids is 2. The first-order valence-corrected chi connectivity index (χ1v) is 15.1. The molecule has 0 spiro atoms. The topological polar surface area (TPSA) is 260 Å². The maximum absolute atomic E-state index is 11.2. The number of rotatable bonds is 8. The Hall–Kier alpha value is -4.45. The van der Waals surface area contributed by atoms with Crippen LogP contribution in [0.5, 0.6) is 5.75 Å². The summed E-state index contributed by atoms with van der Waals surface area (Å²) in [6, 6.07) is 7.96. The summed E-state index contributed by atoms with van der Waals surface area (Å²) in [7, 11) is 1.66. The highest BCUT2D eigenvalue weighted by molar-refractivity contribution is 5.89. The van der Waals surface area contributed by atoms with E-state index in [2.05, 4.69) is 32.0 Å². The van der Waals surface area contributed by atoms with Crippen molar-refractivity contribution in [3.63, 3.8) is 0 Å². The number of ether oxygens (including phenoxy) is 3. The molecule has 262 valence electrons. The van der Waals surface area contributed by atoms with Gasteiger partial charge in [0.15, 0.2) is 23.7 Å².